The second-order valence-corrected chi connectivity index (χ2v) is 9.60. The Morgan fingerprint density at radius 1 is 1.10 bits per heavy atom. The summed E-state index contributed by atoms with van der Waals surface area (Å²) in [4.78, 5) is 12.9. The molecular formula is C23H32N2O4S. The van der Waals surface area contributed by atoms with Crippen molar-refractivity contribution in [3.8, 4) is 0 Å². The Bertz CT molecular complexity index is 935. The predicted molar refractivity (Wildman–Crippen MR) is 119 cm³/mol. The molecule has 0 saturated carbocycles. The normalized spacial score (nSPS) is 12.7. The minimum absolute atomic E-state index is 0.205. The van der Waals surface area contributed by atoms with Gasteiger partial charge in [-0.2, -0.15) is 4.31 Å². The van der Waals surface area contributed by atoms with Crippen LogP contribution in [0.4, 0.5) is 0 Å². The average Bonchev–Trinajstić information content (AvgIpc) is 2.64. The number of amides is 1. The molecule has 0 spiro atoms. The van der Waals surface area contributed by atoms with Gasteiger partial charge in [0.25, 0.3) is 0 Å². The largest absolute Gasteiger partial charge is 0.383 e. The van der Waals surface area contributed by atoms with Gasteiger partial charge in [-0.25, -0.2) is 8.42 Å². The van der Waals surface area contributed by atoms with Crippen molar-refractivity contribution in [1.29, 1.82) is 0 Å². The fraction of sp³-hybridized carbons (Fsp3) is 0.435. The second kappa shape index (κ2) is 10.7. The van der Waals surface area contributed by atoms with Crippen molar-refractivity contribution in [2.45, 2.75) is 45.1 Å². The maximum atomic E-state index is 13.6. The number of methoxy groups -OCH3 is 1. The quantitative estimate of drug-likeness (QED) is 0.626. The van der Waals surface area contributed by atoms with Gasteiger partial charge in [-0.05, 0) is 50.8 Å². The molecule has 1 amide bonds. The molecule has 0 aliphatic carbocycles. The Morgan fingerprint density at radius 2 is 1.70 bits per heavy atom. The number of carbonyl (C=O) groups excluding carboxylic acids is 1. The number of benzene rings is 2. The lowest BCUT2D eigenvalue weighted by Gasteiger charge is -2.25. The van der Waals surface area contributed by atoms with Gasteiger partial charge in [0, 0.05) is 19.7 Å². The highest BCUT2D eigenvalue weighted by Crippen LogP contribution is 2.25. The maximum Gasteiger partial charge on any atom is 0.244 e. The minimum Gasteiger partial charge on any atom is -0.383 e. The fourth-order valence-electron chi connectivity index (χ4n) is 3.66. The lowest BCUT2D eigenvalue weighted by Crippen LogP contribution is -2.45. The summed E-state index contributed by atoms with van der Waals surface area (Å²) in [5.74, 6) is -0.349. The van der Waals surface area contributed by atoms with Crippen molar-refractivity contribution in [2.75, 3.05) is 26.8 Å². The van der Waals surface area contributed by atoms with E-state index in [9.17, 15) is 13.2 Å². The van der Waals surface area contributed by atoms with E-state index in [-0.39, 0.29) is 29.9 Å². The number of nitrogens with zero attached hydrogens (tertiary/aromatic N) is 1. The first-order valence-electron chi connectivity index (χ1n) is 10.1. The molecule has 1 atom stereocenters. The Kier molecular flexibility index (Phi) is 8.58. The minimum atomic E-state index is -3.85. The van der Waals surface area contributed by atoms with Gasteiger partial charge in [0.2, 0.25) is 15.9 Å². The van der Waals surface area contributed by atoms with Crippen LogP contribution in [-0.2, 0) is 26.0 Å². The van der Waals surface area contributed by atoms with E-state index < -0.39 is 10.0 Å². The van der Waals surface area contributed by atoms with Crippen LogP contribution in [0.15, 0.2) is 47.4 Å². The third-order valence-corrected chi connectivity index (χ3v) is 6.99. The van der Waals surface area contributed by atoms with E-state index in [2.05, 4.69) is 5.32 Å². The topological polar surface area (TPSA) is 75.7 Å². The summed E-state index contributed by atoms with van der Waals surface area (Å²) >= 11 is 0. The van der Waals surface area contributed by atoms with Gasteiger partial charge in [0.1, 0.15) is 0 Å². The molecule has 2 aromatic rings. The molecule has 0 aliphatic heterocycles. The number of nitrogens with one attached hydrogen (secondary N) is 1. The van der Waals surface area contributed by atoms with Crippen LogP contribution in [-0.4, -0.2) is 51.5 Å². The zero-order chi connectivity index (χ0) is 22.3. The summed E-state index contributed by atoms with van der Waals surface area (Å²) in [6.07, 6.45) is 0.519. The second-order valence-electron chi connectivity index (χ2n) is 7.73. The van der Waals surface area contributed by atoms with Crippen molar-refractivity contribution >= 4 is 15.9 Å². The van der Waals surface area contributed by atoms with E-state index in [0.717, 1.165) is 11.1 Å². The average molecular weight is 433 g/mol. The van der Waals surface area contributed by atoms with Gasteiger partial charge >= 0.3 is 0 Å². The van der Waals surface area contributed by atoms with E-state index in [1.165, 1.54) is 4.31 Å². The third kappa shape index (κ3) is 6.39. The third-order valence-electron chi connectivity index (χ3n) is 4.84. The lowest BCUT2D eigenvalue weighted by atomic mass is 10.1. The summed E-state index contributed by atoms with van der Waals surface area (Å²) in [7, 11) is -2.29. The molecule has 0 radical (unpaired) electrons. The number of hydrogen-bond acceptors (Lipinski definition) is 4. The van der Waals surface area contributed by atoms with Crippen LogP contribution in [0.25, 0.3) is 0 Å². The molecule has 1 N–H and O–H groups in total. The van der Waals surface area contributed by atoms with Crippen LogP contribution in [0, 0.1) is 20.8 Å². The highest BCUT2D eigenvalue weighted by Gasteiger charge is 2.29. The molecule has 30 heavy (non-hydrogen) atoms. The van der Waals surface area contributed by atoms with Gasteiger partial charge in [-0.1, -0.05) is 48.0 Å². The Balaban J connectivity index is 2.32. The Morgan fingerprint density at radius 3 is 2.27 bits per heavy atom. The van der Waals surface area contributed by atoms with Crippen molar-refractivity contribution in [3.63, 3.8) is 0 Å². The van der Waals surface area contributed by atoms with Crippen molar-refractivity contribution in [1.82, 2.24) is 9.62 Å². The molecule has 2 aromatic carbocycles. The number of carbonyl (C=O) groups is 1. The van der Waals surface area contributed by atoms with Gasteiger partial charge in [-0.15, -0.1) is 0 Å². The van der Waals surface area contributed by atoms with Crippen LogP contribution in [0.2, 0.25) is 0 Å². The molecule has 0 aromatic heterocycles. The molecule has 2 rings (SSSR count). The summed E-state index contributed by atoms with van der Waals surface area (Å²) in [6.45, 7) is 7.68. The van der Waals surface area contributed by atoms with Gasteiger partial charge in [0.15, 0.2) is 0 Å². The van der Waals surface area contributed by atoms with E-state index in [1.54, 1.807) is 21.0 Å². The van der Waals surface area contributed by atoms with Gasteiger partial charge in [-0.3, -0.25) is 4.79 Å². The van der Waals surface area contributed by atoms with E-state index in [1.807, 2.05) is 56.3 Å². The van der Waals surface area contributed by atoms with Crippen LogP contribution >= 0.6 is 0 Å². The molecular weight excluding hydrogens is 400 g/mol. The Labute approximate surface area is 180 Å². The number of aryl methyl sites for hydroxylation is 3. The number of sulfonamides is 1. The van der Waals surface area contributed by atoms with E-state index in [4.69, 9.17) is 4.74 Å². The molecule has 0 unspecified atom stereocenters. The Hall–Kier alpha value is -2.22. The number of hydrogen-bond donors (Lipinski definition) is 1. The van der Waals surface area contributed by atoms with E-state index in [0.29, 0.717) is 24.2 Å². The maximum absolute atomic E-state index is 13.6. The van der Waals surface area contributed by atoms with Crippen molar-refractivity contribution in [3.05, 3.63) is 64.7 Å². The van der Waals surface area contributed by atoms with Gasteiger partial charge in [0.05, 0.1) is 18.0 Å². The van der Waals surface area contributed by atoms with Crippen molar-refractivity contribution in [2.24, 2.45) is 0 Å². The molecule has 6 nitrogen and oxygen atoms in total. The zero-order valence-electron chi connectivity index (χ0n) is 18.4. The van der Waals surface area contributed by atoms with E-state index >= 15 is 0 Å². The van der Waals surface area contributed by atoms with Crippen LogP contribution in [0.5, 0.6) is 0 Å². The SMILES string of the molecule is COC[C@H](C)NC(=O)CN(CCc1ccccc1)S(=O)(=O)c1c(C)cc(C)cc1C. The molecule has 0 bridgehead atoms. The molecule has 0 saturated heterocycles. The van der Waals surface area contributed by atoms with Gasteiger partial charge < -0.3 is 10.1 Å². The lowest BCUT2D eigenvalue weighted by molar-refractivity contribution is -0.122. The number of ether oxygens (including phenoxy) is 1. The van der Waals surface area contributed by atoms with Crippen molar-refractivity contribution < 1.29 is 17.9 Å². The molecule has 164 valence electrons. The molecule has 0 aliphatic rings. The summed E-state index contributed by atoms with van der Waals surface area (Å²) < 4.78 is 33.5. The smallest absolute Gasteiger partial charge is 0.244 e. The summed E-state index contributed by atoms with van der Waals surface area (Å²) in [6, 6.07) is 13.2. The first kappa shape index (κ1) is 24.1. The predicted octanol–water partition coefficient (Wildman–Crippen LogP) is 3.00. The first-order valence-corrected chi connectivity index (χ1v) is 11.5. The molecule has 0 heterocycles. The van der Waals surface area contributed by atoms with Crippen LogP contribution < -0.4 is 5.32 Å². The fourth-order valence-corrected chi connectivity index (χ4v) is 5.47. The number of rotatable bonds is 10. The summed E-state index contributed by atoms with van der Waals surface area (Å²) in [5.41, 5.74) is 3.39. The highest BCUT2D eigenvalue weighted by atomic mass is 32.2. The van der Waals surface area contributed by atoms with Crippen LogP contribution in [0.1, 0.15) is 29.2 Å². The van der Waals surface area contributed by atoms with Crippen LogP contribution in [0.3, 0.4) is 0 Å². The summed E-state index contributed by atoms with van der Waals surface area (Å²) in [5, 5.41) is 2.80. The standard InChI is InChI=1S/C23H32N2O4S/c1-17-13-18(2)23(19(3)14-17)30(27,28)25(12-11-21-9-7-6-8-10-21)15-22(26)24-20(4)16-29-5/h6-10,13-14,20H,11-12,15-16H2,1-5H3,(H,24,26)/t20-/m0/s1. The first-order chi connectivity index (χ1) is 14.1. The highest BCUT2D eigenvalue weighted by molar-refractivity contribution is 7.89. The zero-order valence-corrected chi connectivity index (χ0v) is 19.3. The molecule has 0 fully saturated rings. The molecule has 7 heteroatoms. The monoisotopic (exact) mass is 432 g/mol.